The molecule has 0 saturated heterocycles. The van der Waals surface area contributed by atoms with Gasteiger partial charge in [0.25, 0.3) is 0 Å². The van der Waals surface area contributed by atoms with E-state index < -0.39 is 0 Å². The first-order valence-electron chi connectivity index (χ1n) is 7.23. The van der Waals surface area contributed by atoms with Gasteiger partial charge in [-0.05, 0) is 58.8 Å². The van der Waals surface area contributed by atoms with Gasteiger partial charge in [0.1, 0.15) is 11.6 Å². The maximum absolute atomic E-state index is 6.01. The molecule has 2 rings (SSSR count). The molecule has 0 fully saturated rings. The van der Waals surface area contributed by atoms with Crippen LogP contribution in [0.15, 0.2) is 22.7 Å². The number of benzene rings is 1. The van der Waals surface area contributed by atoms with E-state index in [-0.39, 0.29) is 0 Å². The maximum Gasteiger partial charge on any atom is 0.141 e. The standard InChI is InChI=1S/C17H22BrN3/c1-10(2)7-14-16(18)17(19)21-15(20-14)9-13-6-5-11(3)12(4)8-13/h5-6,8,10H,7,9H2,1-4H3,(H2,19,20,21). The molecule has 0 aliphatic carbocycles. The van der Waals surface area contributed by atoms with Gasteiger partial charge in [-0.25, -0.2) is 9.97 Å². The van der Waals surface area contributed by atoms with E-state index >= 15 is 0 Å². The molecule has 0 atom stereocenters. The Labute approximate surface area is 135 Å². The summed E-state index contributed by atoms with van der Waals surface area (Å²) in [5.41, 5.74) is 10.8. The second-order valence-electron chi connectivity index (χ2n) is 5.98. The highest BCUT2D eigenvalue weighted by atomic mass is 79.9. The van der Waals surface area contributed by atoms with Gasteiger partial charge in [0.15, 0.2) is 0 Å². The van der Waals surface area contributed by atoms with E-state index in [0.29, 0.717) is 18.2 Å². The minimum atomic E-state index is 0.527. The van der Waals surface area contributed by atoms with Crippen LogP contribution >= 0.6 is 15.9 Å². The fourth-order valence-electron chi connectivity index (χ4n) is 2.26. The lowest BCUT2D eigenvalue weighted by atomic mass is 10.0. The van der Waals surface area contributed by atoms with Gasteiger partial charge in [-0.1, -0.05) is 32.0 Å². The van der Waals surface area contributed by atoms with Crippen LogP contribution in [0.2, 0.25) is 0 Å². The van der Waals surface area contributed by atoms with Gasteiger partial charge in [0.2, 0.25) is 0 Å². The summed E-state index contributed by atoms with van der Waals surface area (Å²) in [5, 5.41) is 0. The second kappa shape index (κ2) is 6.56. The fourth-order valence-corrected chi connectivity index (χ4v) is 2.60. The van der Waals surface area contributed by atoms with Crippen LogP contribution in [-0.4, -0.2) is 9.97 Å². The Hall–Kier alpha value is -1.42. The molecule has 112 valence electrons. The number of nitrogens with two attached hydrogens (primary N) is 1. The van der Waals surface area contributed by atoms with Crippen LogP contribution in [0.25, 0.3) is 0 Å². The molecular formula is C17H22BrN3. The quantitative estimate of drug-likeness (QED) is 0.900. The molecule has 21 heavy (non-hydrogen) atoms. The van der Waals surface area contributed by atoms with Crippen molar-refractivity contribution in [2.75, 3.05) is 5.73 Å². The molecule has 2 N–H and O–H groups in total. The molecule has 0 bridgehead atoms. The lowest BCUT2D eigenvalue weighted by molar-refractivity contribution is 0.629. The second-order valence-corrected chi connectivity index (χ2v) is 6.77. The average molecular weight is 348 g/mol. The number of aromatic nitrogens is 2. The van der Waals surface area contributed by atoms with E-state index in [9.17, 15) is 0 Å². The molecule has 1 aromatic heterocycles. The van der Waals surface area contributed by atoms with E-state index in [4.69, 9.17) is 5.73 Å². The lowest BCUT2D eigenvalue weighted by Crippen LogP contribution is -2.08. The predicted molar refractivity (Wildman–Crippen MR) is 91.4 cm³/mol. The van der Waals surface area contributed by atoms with Gasteiger partial charge < -0.3 is 5.73 Å². The third-order valence-electron chi connectivity index (χ3n) is 3.53. The number of hydrogen-bond donors (Lipinski definition) is 1. The molecule has 0 amide bonds. The van der Waals surface area contributed by atoms with Crippen molar-refractivity contribution >= 4 is 21.7 Å². The van der Waals surface area contributed by atoms with Crippen LogP contribution in [0.5, 0.6) is 0 Å². The van der Waals surface area contributed by atoms with E-state index in [0.717, 1.165) is 22.4 Å². The minimum absolute atomic E-state index is 0.527. The van der Waals surface area contributed by atoms with Crippen molar-refractivity contribution < 1.29 is 0 Å². The van der Waals surface area contributed by atoms with Crippen molar-refractivity contribution in [2.45, 2.75) is 40.5 Å². The number of anilines is 1. The molecule has 1 heterocycles. The molecule has 4 heteroatoms. The normalized spacial score (nSPS) is 11.1. The van der Waals surface area contributed by atoms with Crippen LogP contribution in [0, 0.1) is 19.8 Å². The fraction of sp³-hybridized carbons (Fsp3) is 0.412. The van der Waals surface area contributed by atoms with Crippen LogP contribution in [0.1, 0.15) is 42.1 Å². The molecular weight excluding hydrogens is 326 g/mol. The number of nitrogens with zero attached hydrogens (tertiary/aromatic N) is 2. The molecule has 0 aliphatic heterocycles. The first-order chi connectivity index (χ1) is 9.86. The molecule has 1 aromatic carbocycles. The summed E-state index contributed by atoms with van der Waals surface area (Å²) in [6.45, 7) is 8.59. The average Bonchev–Trinajstić information content (AvgIpc) is 2.39. The number of aryl methyl sites for hydroxylation is 2. The van der Waals surface area contributed by atoms with Crippen molar-refractivity contribution in [3.8, 4) is 0 Å². The monoisotopic (exact) mass is 347 g/mol. The SMILES string of the molecule is Cc1ccc(Cc2nc(N)c(Br)c(CC(C)C)n2)cc1C. The Kier molecular flexibility index (Phi) is 4.99. The van der Waals surface area contributed by atoms with Crippen LogP contribution in [0.3, 0.4) is 0 Å². The van der Waals surface area contributed by atoms with E-state index in [1.807, 2.05) is 0 Å². The zero-order valence-corrected chi connectivity index (χ0v) is 14.7. The summed E-state index contributed by atoms with van der Waals surface area (Å²) >= 11 is 3.50. The molecule has 0 radical (unpaired) electrons. The van der Waals surface area contributed by atoms with E-state index in [1.54, 1.807) is 0 Å². The topological polar surface area (TPSA) is 51.8 Å². The lowest BCUT2D eigenvalue weighted by Gasteiger charge is -2.11. The smallest absolute Gasteiger partial charge is 0.141 e. The Morgan fingerprint density at radius 1 is 1.14 bits per heavy atom. The zero-order valence-electron chi connectivity index (χ0n) is 13.1. The van der Waals surface area contributed by atoms with Gasteiger partial charge in [-0.2, -0.15) is 0 Å². The van der Waals surface area contributed by atoms with Crippen LogP contribution in [-0.2, 0) is 12.8 Å². The number of halogens is 1. The molecule has 0 aliphatic rings. The molecule has 0 saturated carbocycles. The highest BCUT2D eigenvalue weighted by Crippen LogP contribution is 2.24. The molecule has 3 nitrogen and oxygen atoms in total. The van der Waals surface area contributed by atoms with Gasteiger partial charge in [-0.15, -0.1) is 0 Å². The Bertz CT molecular complexity index is 651. The summed E-state index contributed by atoms with van der Waals surface area (Å²) in [4.78, 5) is 9.09. The van der Waals surface area contributed by atoms with Crippen molar-refractivity contribution in [3.05, 3.63) is 50.9 Å². The molecule has 2 aromatic rings. The zero-order chi connectivity index (χ0) is 15.6. The summed E-state index contributed by atoms with van der Waals surface area (Å²) in [6, 6.07) is 6.47. The third-order valence-corrected chi connectivity index (χ3v) is 4.39. The summed E-state index contributed by atoms with van der Waals surface area (Å²) in [6.07, 6.45) is 1.61. The van der Waals surface area contributed by atoms with Crippen molar-refractivity contribution in [1.29, 1.82) is 0 Å². The molecule has 0 unspecified atom stereocenters. The van der Waals surface area contributed by atoms with Crippen LogP contribution < -0.4 is 5.73 Å². The van der Waals surface area contributed by atoms with Crippen molar-refractivity contribution in [2.24, 2.45) is 5.92 Å². The Balaban J connectivity index is 2.31. The number of hydrogen-bond acceptors (Lipinski definition) is 3. The first kappa shape index (κ1) is 16.0. The van der Waals surface area contributed by atoms with Gasteiger partial charge in [-0.3, -0.25) is 0 Å². The van der Waals surface area contributed by atoms with E-state index in [2.05, 4.69) is 71.8 Å². The number of rotatable bonds is 4. The van der Waals surface area contributed by atoms with E-state index in [1.165, 1.54) is 16.7 Å². The third kappa shape index (κ3) is 4.03. The number of nitrogen functional groups attached to an aromatic ring is 1. The van der Waals surface area contributed by atoms with Gasteiger partial charge in [0, 0.05) is 6.42 Å². The highest BCUT2D eigenvalue weighted by molar-refractivity contribution is 9.10. The van der Waals surface area contributed by atoms with Crippen molar-refractivity contribution in [1.82, 2.24) is 9.97 Å². The highest BCUT2D eigenvalue weighted by Gasteiger charge is 2.12. The van der Waals surface area contributed by atoms with Crippen LogP contribution in [0.4, 0.5) is 5.82 Å². The predicted octanol–water partition coefficient (Wildman–Crippen LogP) is 4.23. The summed E-state index contributed by atoms with van der Waals surface area (Å²) < 4.78 is 0.833. The Morgan fingerprint density at radius 2 is 1.86 bits per heavy atom. The largest absolute Gasteiger partial charge is 0.383 e. The van der Waals surface area contributed by atoms with Gasteiger partial charge in [0.05, 0.1) is 10.2 Å². The maximum atomic E-state index is 6.01. The van der Waals surface area contributed by atoms with Crippen molar-refractivity contribution in [3.63, 3.8) is 0 Å². The minimum Gasteiger partial charge on any atom is -0.383 e. The summed E-state index contributed by atoms with van der Waals surface area (Å²) in [7, 11) is 0. The molecule has 0 spiro atoms. The first-order valence-corrected chi connectivity index (χ1v) is 8.03. The Morgan fingerprint density at radius 3 is 2.48 bits per heavy atom. The van der Waals surface area contributed by atoms with Gasteiger partial charge >= 0.3 is 0 Å². The summed E-state index contributed by atoms with van der Waals surface area (Å²) in [5.74, 6) is 1.85.